The second-order valence-electron chi connectivity index (χ2n) is 4.19. The predicted molar refractivity (Wildman–Crippen MR) is 54.1 cm³/mol. The van der Waals surface area contributed by atoms with Crippen LogP contribution in [-0.4, -0.2) is 10.7 Å². The van der Waals surface area contributed by atoms with Gasteiger partial charge in [0, 0.05) is 11.8 Å². The maximum absolute atomic E-state index is 9.78. The van der Waals surface area contributed by atoms with Crippen molar-refractivity contribution < 1.29 is 9.52 Å². The highest BCUT2D eigenvalue weighted by molar-refractivity contribution is 5.77. The van der Waals surface area contributed by atoms with Crippen molar-refractivity contribution in [1.82, 2.24) is 0 Å². The number of rotatable bonds is 2. The summed E-state index contributed by atoms with van der Waals surface area (Å²) in [4.78, 5) is 0. The fourth-order valence-corrected chi connectivity index (χ4v) is 1.83. The van der Waals surface area contributed by atoms with E-state index >= 15 is 0 Å². The molecule has 14 heavy (non-hydrogen) atoms. The van der Waals surface area contributed by atoms with Gasteiger partial charge in [-0.3, -0.25) is 0 Å². The smallest absolute Gasteiger partial charge is 0.133 e. The number of aliphatic hydroxyl groups is 1. The summed E-state index contributed by atoms with van der Waals surface area (Å²) in [5, 5.41) is 10.9. The maximum Gasteiger partial charge on any atom is 0.133 e. The Balaban J connectivity index is 1.97. The standard InChI is InChI=1S/C12H12O2/c13-12(4-5-12)8-9-1-2-11-10(7-9)3-6-14-11/h1-3,6-7,13H,4-5,8H2. The summed E-state index contributed by atoms with van der Waals surface area (Å²) >= 11 is 0. The zero-order valence-electron chi connectivity index (χ0n) is 7.86. The van der Waals surface area contributed by atoms with Gasteiger partial charge in [0.25, 0.3) is 0 Å². The summed E-state index contributed by atoms with van der Waals surface area (Å²) in [6.45, 7) is 0. The lowest BCUT2D eigenvalue weighted by molar-refractivity contribution is 0.151. The Bertz CT molecular complexity index is 466. The van der Waals surface area contributed by atoms with Crippen molar-refractivity contribution in [2.45, 2.75) is 24.9 Å². The van der Waals surface area contributed by atoms with Crippen LogP contribution in [0, 0.1) is 0 Å². The van der Waals surface area contributed by atoms with Gasteiger partial charge < -0.3 is 9.52 Å². The van der Waals surface area contributed by atoms with Gasteiger partial charge in [-0.25, -0.2) is 0 Å². The molecule has 1 aromatic carbocycles. The van der Waals surface area contributed by atoms with E-state index in [1.54, 1.807) is 6.26 Å². The van der Waals surface area contributed by atoms with E-state index in [4.69, 9.17) is 4.42 Å². The van der Waals surface area contributed by atoms with Crippen molar-refractivity contribution in [2.75, 3.05) is 0 Å². The molecule has 1 heterocycles. The summed E-state index contributed by atoms with van der Waals surface area (Å²) < 4.78 is 5.26. The third kappa shape index (κ3) is 1.32. The first-order chi connectivity index (χ1) is 6.75. The van der Waals surface area contributed by atoms with Crippen molar-refractivity contribution in [3.8, 4) is 0 Å². The SMILES string of the molecule is OC1(Cc2ccc3occc3c2)CC1. The van der Waals surface area contributed by atoms with Crippen molar-refractivity contribution in [3.63, 3.8) is 0 Å². The third-order valence-corrected chi connectivity index (χ3v) is 2.88. The van der Waals surface area contributed by atoms with Crippen LogP contribution in [0.4, 0.5) is 0 Å². The molecule has 0 spiro atoms. The highest BCUT2D eigenvalue weighted by atomic mass is 16.3. The monoisotopic (exact) mass is 188 g/mol. The fourth-order valence-electron chi connectivity index (χ4n) is 1.83. The van der Waals surface area contributed by atoms with E-state index in [0.29, 0.717) is 0 Å². The van der Waals surface area contributed by atoms with E-state index in [9.17, 15) is 5.11 Å². The van der Waals surface area contributed by atoms with Crippen LogP contribution in [0.2, 0.25) is 0 Å². The van der Waals surface area contributed by atoms with Gasteiger partial charge in [0.1, 0.15) is 5.58 Å². The third-order valence-electron chi connectivity index (χ3n) is 2.88. The molecule has 1 aliphatic rings. The van der Waals surface area contributed by atoms with E-state index in [-0.39, 0.29) is 0 Å². The molecule has 0 unspecified atom stereocenters. The second kappa shape index (κ2) is 2.61. The molecular formula is C12H12O2. The minimum Gasteiger partial charge on any atom is -0.464 e. The number of hydrogen-bond donors (Lipinski definition) is 1. The molecule has 1 N–H and O–H groups in total. The van der Waals surface area contributed by atoms with Crippen LogP contribution in [0.15, 0.2) is 34.9 Å². The van der Waals surface area contributed by atoms with Gasteiger partial charge >= 0.3 is 0 Å². The van der Waals surface area contributed by atoms with Crippen LogP contribution < -0.4 is 0 Å². The van der Waals surface area contributed by atoms with Crippen molar-refractivity contribution in [2.24, 2.45) is 0 Å². The molecule has 2 aromatic rings. The summed E-state index contributed by atoms with van der Waals surface area (Å²) in [6, 6.07) is 8.05. The molecule has 1 aliphatic carbocycles. The minimum atomic E-state index is -0.405. The molecular weight excluding hydrogens is 176 g/mol. The van der Waals surface area contributed by atoms with Gasteiger partial charge in [-0.05, 0) is 36.6 Å². The Hall–Kier alpha value is -1.28. The lowest BCUT2D eigenvalue weighted by Crippen LogP contribution is -2.10. The Morgan fingerprint density at radius 2 is 2.14 bits per heavy atom. The minimum absolute atomic E-state index is 0.405. The number of benzene rings is 1. The summed E-state index contributed by atoms with van der Waals surface area (Å²) in [7, 11) is 0. The Kier molecular flexibility index (Phi) is 1.50. The first kappa shape index (κ1) is 8.06. The van der Waals surface area contributed by atoms with Crippen LogP contribution in [-0.2, 0) is 6.42 Å². The number of hydrogen-bond acceptors (Lipinski definition) is 2. The Labute approximate surface area is 82.2 Å². The molecule has 1 fully saturated rings. The topological polar surface area (TPSA) is 33.4 Å². The summed E-state index contributed by atoms with van der Waals surface area (Å²) in [5.41, 5.74) is 1.70. The highest BCUT2D eigenvalue weighted by Gasteiger charge is 2.40. The molecule has 0 bridgehead atoms. The molecule has 2 nitrogen and oxygen atoms in total. The first-order valence-electron chi connectivity index (χ1n) is 4.94. The van der Waals surface area contributed by atoms with E-state index in [2.05, 4.69) is 6.07 Å². The lowest BCUT2D eigenvalue weighted by Gasteiger charge is -2.06. The molecule has 1 aromatic heterocycles. The Morgan fingerprint density at radius 3 is 2.93 bits per heavy atom. The number of furan rings is 1. The van der Waals surface area contributed by atoms with Gasteiger partial charge in [-0.1, -0.05) is 6.07 Å². The molecule has 0 saturated heterocycles. The van der Waals surface area contributed by atoms with Gasteiger partial charge in [0.05, 0.1) is 11.9 Å². The average molecular weight is 188 g/mol. The van der Waals surface area contributed by atoms with E-state index < -0.39 is 5.60 Å². The zero-order chi connectivity index (χ0) is 9.60. The van der Waals surface area contributed by atoms with Crippen LogP contribution in [0.25, 0.3) is 11.0 Å². The average Bonchev–Trinajstić information content (AvgIpc) is 2.73. The number of fused-ring (bicyclic) bond motifs is 1. The fraction of sp³-hybridized carbons (Fsp3) is 0.333. The normalized spacial score (nSPS) is 18.6. The van der Waals surface area contributed by atoms with Crippen LogP contribution in [0.3, 0.4) is 0 Å². The molecule has 0 radical (unpaired) electrons. The molecule has 3 rings (SSSR count). The molecule has 0 aliphatic heterocycles. The van der Waals surface area contributed by atoms with E-state index in [0.717, 1.165) is 30.2 Å². The van der Waals surface area contributed by atoms with Crippen molar-refractivity contribution in [1.29, 1.82) is 0 Å². The summed E-state index contributed by atoms with van der Waals surface area (Å²) in [6.07, 6.45) is 4.35. The second-order valence-corrected chi connectivity index (χ2v) is 4.19. The molecule has 72 valence electrons. The molecule has 1 saturated carbocycles. The van der Waals surface area contributed by atoms with Gasteiger partial charge in [-0.15, -0.1) is 0 Å². The van der Waals surface area contributed by atoms with Crippen LogP contribution in [0.1, 0.15) is 18.4 Å². The maximum atomic E-state index is 9.78. The van der Waals surface area contributed by atoms with E-state index in [1.165, 1.54) is 5.56 Å². The van der Waals surface area contributed by atoms with E-state index in [1.807, 2.05) is 18.2 Å². The zero-order valence-corrected chi connectivity index (χ0v) is 7.86. The van der Waals surface area contributed by atoms with Gasteiger partial charge in [0.15, 0.2) is 0 Å². The van der Waals surface area contributed by atoms with Gasteiger partial charge in [-0.2, -0.15) is 0 Å². The quantitative estimate of drug-likeness (QED) is 0.785. The first-order valence-corrected chi connectivity index (χ1v) is 4.94. The van der Waals surface area contributed by atoms with Crippen molar-refractivity contribution >= 4 is 11.0 Å². The molecule has 0 amide bonds. The largest absolute Gasteiger partial charge is 0.464 e. The van der Waals surface area contributed by atoms with Crippen molar-refractivity contribution in [3.05, 3.63) is 36.1 Å². The highest BCUT2D eigenvalue weighted by Crippen LogP contribution is 2.38. The molecule has 0 atom stereocenters. The Morgan fingerprint density at radius 1 is 1.29 bits per heavy atom. The van der Waals surface area contributed by atoms with Gasteiger partial charge in [0.2, 0.25) is 0 Å². The molecule has 2 heteroatoms. The lowest BCUT2D eigenvalue weighted by atomic mass is 10.1. The predicted octanol–water partition coefficient (Wildman–Crippen LogP) is 2.50. The van der Waals surface area contributed by atoms with Crippen LogP contribution >= 0.6 is 0 Å². The van der Waals surface area contributed by atoms with Crippen LogP contribution in [0.5, 0.6) is 0 Å². The summed E-state index contributed by atoms with van der Waals surface area (Å²) in [5.74, 6) is 0.